The third-order valence-corrected chi connectivity index (χ3v) is 5.71. The number of methoxy groups -OCH3 is 1. The Bertz CT molecular complexity index is 1200. The minimum atomic E-state index is -1.12. The van der Waals surface area contributed by atoms with E-state index in [2.05, 4.69) is 10.4 Å². The molecule has 3 amide bonds. The number of fused-ring (bicyclic) bond motifs is 4. The number of anilines is 1. The Balaban J connectivity index is 1.48. The van der Waals surface area contributed by atoms with Crippen molar-refractivity contribution in [3.63, 3.8) is 0 Å². The van der Waals surface area contributed by atoms with Crippen LogP contribution in [-0.2, 0) is 21.0 Å². The molecule has 33 heavy (non-hydrogen) atoms. The number of ether oxygens (including phenoxy) is 1. The molecule has 10 heteroatoms. The van der Waals surface area contributed by atoms with E-state index in [1.54, 1.807) is 24.3 Å². The van der Waals surface area contributed by atoms with Gasteiger partial charge in [0, 0.05) is 11.3 Å². The van der Waals surface area contributed by atoms with E-state index in [4.69, 9.17) is 9.57 Å². The molecule has 0 spiro atoms. The Morgan fingerprint density at radius 3 is 2.48 bits per heavy atom. The summed E-state index contributed by atoms with van der Waals surface area (Å²) in [7, 11) is 1.24. The van der Waals surface area contributed by atoms with Gasteiger partial charge in [0.2, 0.25) is 0 Å². The molecular formula is C23H21N5O5. The molecule has 2 aromatic carbocycles. The lowest BCUT2D eigenvalue weighted by Gasteiger charge is -2.29. The normalized spacial score (nSPS) is 18.8. The molecule has 3 aromatic rings. The molecule has 0 saturated carbocycles. The zero-order valence-corrected chi connectivity index (χ0v) is 17.7. The van der Waals surface area contributed by atoms with Gasteiger partial charge in [0.15, 0.2) is 6.04 Å². The van der Waals surface area contributed by atoms with E-state index in [1.165, 1.54) is 23.3 Å². The second kappa shape index (κ2) is 8.40. The fourth-order valence-corrected chi connectivity index (χ4v) is 4.16. The monoisotopic (exact) mass is 447 g/mol. The van der Waals surface area contributed by atoms with E-state index in [0.29, 0.717) is 11.3 Å². The van der Waals surface area contributed by atoms with Crippen LogP contribution in [0.3, 0.4) is 0 Å². The average molecular weight is 447 g/mol. The van der Waals surface area contributed by atoms with Gasteiger partial charge in [0.1, 0.15) is 12.6 Å². The number of hydrogen-bond donors (Lipinski definition) is 1. The second-order valence-electron chi connectivity index (χ2n) is 7.65. The summed E-state index contributed by atoms with van der Waals surface area (Å²) < 4.78 is 6.08. The lowest BCUT2D eigenvalue weighted by Crippen LogP contribution is -2.41. The number of carbonyl (C=O) groups excluding carboxylic acids is 3. The first kappa shape index (κ1) is 20.7. The van der Waals surface area contributed by atoms with Crippen LogP contribution in [-0.4, -0.2) is 51.4 Å². The van der Waals surface area contributed by atoms with Crippen molar-refractivity contribution in [1.29, 1.82) is 0 Å². The van der Waals surface area contributed by atoms with Crippen LogP contribution < -0.4 is 5.32 Å². The Kier molecular flexibility index (Phi) is 5.27. The molecule has 0 aliphatic carbocycles. The molecule has 2 atom stereocenters. The number of aromatic nitrogens is 2. The molecule has 5 rings (SSSR count). The minimum Gasteiger partial charge on any atom is -0.467 e. The van der Waals surface area contributed by atoms with Crippen LogP contribution in [0.4, 0.5) is 15.3 Å². The van der Waals surface area contributed by atoms with E-state index >= 15 is 0 Å². The fourth-order valence-electron chi connectivity index (χ4n) is 4.16. The standard InChI is InChI=1S/C23H21N5O5/c1-32-21(29)20-19-17(12-24-27(19)22(30)25-16-10-6-3-7-11-16)18-13-26(20)23(31)28(18)33-14-15-8-4-2-5-9-15/h2-12,18,20H,13-14H2,1H3,(H,25,30)/t18-,20+/m1/s1. The summed E-state index contributed by atoms with van der Waals surface area (Å²) in [6.45, 7) is 0.393. The number of esters is 1. The number of urea groups is 1. The van der Waals surface area contributed by atoms with Crippen LogP contribution in [0.5, 0.6) is 0 Å². The summed E-state index contributed by atoms with van der Waals surface area (Å²) in [5.41, 5.74) is 2.31. The molecule has 2 bridgehead atoms. The maximum absolute atomic E-state index is 13.2. The number of nitrogens with one attached hydrogen (secondary N) is 1. The van der Waals surface area contributed by atoms with Crippen molar-refractivity contribution < 1.29 is 24.0 Å². The number of hydrogen-bond acceptors (Lipinski definition) is 6. The SMILES string of the molecule is COC(=O)[C@@H]1c2c(cnn2C(=O)Nc2ccccc2)[C@H]2CN1C(=O)N2OCc1ccccc1. The predicted molar refractivity (Wildman–Crippen MR) is 116 cm³/mol. The molecule has 2 aliphatic rings. The summed E-state index contributed by atoms with van der Waals surface area (Å²) in [5, 5.41) is 8.23. The zero-order valence-electron chi connectivity index (χ0n) is 17.7. The van der Waals surface area contributed by atoms with Gasteiger partial charge in [-0.2, -0.15) is 14.8 Å². The number of carbonyl (C=O) groups is 3. The summed E-state index contributed by atoms with van der Waals surface area (Å²) in [6.07, 6.45) is 1.50. The summed E-state index contributed by atoms with van der Waals surface area (Å²) in [6, 6.07) is 15.7. The van der Waals surface area contributed by atoms with Crippen LogP contribution in [0.25, 0.3) is 0 Å². The van der Waals surface area contributed by atoms with Crippen LogP contribution in [0.1, 0.15) is 28.9 Å². The topological polar surface area (TPSA) is 106 Å². The predicted octanol–water partition coefficient (Wildman–Crippen LogP) is 3.10. The highest BCUT2D eigenvalue weighted by Crippen LogP contribution is 2.44. The number of amides is 3. The van der Waals surface area contributed by atoms with Gasteiger partial charge in [-0.15, -0.1) is 0 Å². The summed E-state index contributed by atoms with van der Waals surface area (Å²) >= 11 is 0. The van der Waals surface area contributed by atoms with Gasteiger partial charge in [-0.1, -0.05) is 48.5 Å². The Morgan fingerprint density at radius 1 is 1.09 bits per heavy atom. The van der Waals surface area contributed by atoms with Crippen molar-refractivity contribution in [2.75, 3.05) is 19.0 Å². The van der Waals surface area contributed by atoms with Gasteiger partial charge < -0.3 is 15.0 Å². The van der Waals surface area contributed by atoms with E-state index < -0.39 is 30.1 Å². The maximum Gasteiger partial charge on any atom is 0.346 e. The van der Waals surface area contributed by atoms with Gasteiger partial charge >= 0.3 is 18.0 Å². The smallest absolute Gasteiger partial charge is 0.346 e. The van der Waals surface area contributed by atoms with Gasteiger partial charge in [0.25, 0.3) is 0 Å². The zero-order chi connectivity index (χ0) is 22.9. The number of rotatable bonds is 5. The molecule has 0 unspecified atom stereocenters. The second-order valence-corrected chi connectivity index (χ2v) is 7.65. The highest BCUT2D eigenvalue weighted by Gasteiger charge is 2.54. The maximum atomic E-state index is 13.2. The van der Waals surface area contributed by atoms with Crippen molar-refractivity contribution in [1.82, 2.24) is 19.7 Å². The van der Waals surface area contributed by atoms with Gasteiger partial charge in [-0.3, -0.25) is 4.84 Å². The van der Waals surface area contributed by atoms with E-state index in [9.17, 15) is 14.4 Å². The summed E-state index contributed by atoms with van der Waals surface area (Å²) in [5.74, 6) is -0.665. The molecule has 1 aromatic heterocycles. The fraction of sp³-hybridized carbons (Fsp3) is 0.217. The van der Waals surface area contributed by atoms with Gasteiger partial charge in [-0.05, 0) is 17.7 Å². The van der Waals surface area contributed by atoms with Gasteiger partial charge in [-0.25, -0.2) is 14.4 Å². The van der Waals surface area contributed by atoms with Crippen molar-refractivity contribution in [2.45, 2.75) is 18.7 Å². The Labute approximate surface area is 189 Å². The number of benzene rings is 2. The third-order valence-electron chi connectivity index (χ3n) is 5.71. The quantitative estimate of drug-likeness (QED) is 0.603. The van der Waals surface area contributed by atoms with Crippen molar-refractivity contribution in [2.24, 2.45) is 0 Å². The first-order chi connectivity index (χ1) is 16.1. The molecule has 10 nitrogen and oxygen atoms in total. The number of para-hydroxylation sites is 1. The van der Waals surface area contributed by atoms with Crippen LogP contribution in [0, 0.1) is 0 Å². The van der Waals surface area contributed by atoms with E-state index in [-0.39, 0.29) is 18.8 Å². The highest BCUT2D eigenvalue weighted by atomic mass is 16.7. The average Bonchev–Trinajstić information content (AvgIpc) is 3.40. The molecule has 1 fully saturated rings. The third kappa shape index (κ3) is 3.60. The molecule has 168 valence electrons. The van der Waals surface area contributed by atoms with Crippen molar-refractivity contribution in [3.8, 4) is 0 Å². The van der Waals surface area contributed by atoms with Crippen LogP contribution in [0.2, 0.25) is 0 Å². The lowest BCUT2D eigenvalue weighted by atomic mass is 9.98. The first-order valence-electron chi connectivity index (χ1n) is 10.4. The van der Waals surface area contributed by atoms with Gasteiger partial charge in [0.05, 0.1) is 25.5 Å². The Morgan fingerprint density at radius 2 is 1.79 bits per heavy atom. The molecule has 3 heterocycles. The van der Waals surface area contributed by atoms with E-state index in [0.717, 1.165) is 10.2 Å². The largest absolute Gasteiger partial charge is 0.467 e. The van der Waals surface area contributed by atoms with Crippen LogP contribution >= 0.6 is 0 Å². The molecular weight excluding hydrogens is 426 g/mol. The van der Waals surface area contributed by atoms with Crippen LogP contribution in [0.15, 0.2) is 66.9 Å². The molecule has 1 N–H and O–H groups in total. The van der Waals surface area contributed by atoms with Crippen molar-refractivity contribution in [3.05, 3.63) is 83.7 Å². The van der Waals surface area contributed by atoms with Crippen molar-refractivity contribution >= 4 is 23.7 Å². The summed E-state index contributed by atoms with van der Waals surface area (Å²) in [4.78, 5) is 46.1. The Hall–Kier alpha value is -4.18. The molecule has 1 saturated heterocycles. The highest BCUT2D eigenvalue weighted by molar-refractivity contribution is 5.93. The first-order valence-corrected chi connectivity index (χ1v) is 10.4. The molecule has 0 radical (unpaired) electrons. The number of nitrogens with zero attached hydrogens (tertiary/aromatic N) is 4. The lowest BCUT2D eigenvalue weighted by molar-refractivity contribution is -0.146. The number of hydroxylamine groups is 2. The minimum absolute atomic E-state index is 0.178. The van der Waals surface area contributed by atoms with E-state index in [1.807, 2.05) is 36.4 Å². The molecule has 2 aliphatic heterocycles.